The molecule has 0 radical (unpaired) electrons. The van der Waals surface area contributed by atoms with E-state index in [1.807, 2.05) is 48.5 Å². The Kier molecular flexibility index (Phi) is 4.58. The fourth-order valence-electron chi connectivity index (χ4n) is 2.99. The van der Waals surface area contributed by atoms with Gasteiger partial charge in [-0.15, -0.1) is 0 Å². The Balaban J connectivity index is 1.57. The molecule has 5 heteroatoms. The summed E-state index contributed by atoms with van der Waals surface area (Å²) in [6, 6.07) is 21.8. The van der Waals surface area contributed by atoms with Crippen LogP contribution in [0, 0.1) is 0 Å². The number of hydrogen-bond acceptors (Lipinski definition) is 5. The van der Waals surface area contributed by atoms with E-state index < -0.39 is 11.6 Å². The van der Waals surface area contributed by atoms with Crippen LogP contribution in [0.15, 0.2) is 82.0 Å². The molecule has 4 rings (SSSR count). The molecule has 0 unspecified atom stereocenters. The predicted molar refractivity (Wildman–Crippen MR) is 102 cm³/mol. The number of benzene rings is 3. The molecule has 0 amide bonds. The van der Waals surface area contributed by atoms with Gasteiger partial charge < -0.3 is 13.9 Å². The van der Waals surface area contributed by atoms with Crippen molar-refractivity contribution in [2.45, 2.75) is 6.61 Å². The van der Waals surface area contributed by atoms with Crippen molar-refractivity contribution in [3.63, 3.8) is 0 Å². The third kappa shape index (κ3) is 3.67. The fraction of sp³-hybridized carbons (Fsp3) is 0.0909. The van der Waals surface area contributed by atoms with Crippen molar-refractivity contribution in [1.29, 1.82) is 0 Å². The molecule has 0 aliphatic rings. The molecule has 0 fully saturated rings. The number of carbonyl (C=O) groups excluding carboxylic acids is 1. The topological polar surface area (TPSA) is 65.7 Å². The molecule has 27 heavy (non-hydrogen) atoms. The Hall–Kier alpha value is -3.60. The Morgan fingerprint density at radius 1 is 0.926 bits per heavy atom. The number of para-hydroxylation sites is 1. The predicted octanol–water partition coefficient (Wildman–Crippen LogP) is 4.07. The molecule has 1 aromatic heterocycles. The molecule has 0 aliphatic heterocycles. The smallest absolute Gasteiger partial charge is 0.344 e. The summed E-state index contributed by atoms with van der Waals surface area (Å²) in [6.45, 7) is -0.239. The molecule has 0 saturated carbocycles. The summed E-state index contributed by atoms with van der Waals surface area (Å²) in [7, 11) is 0. The number of esters is 1. The fourth-order valence-corrected chi connectivity index (χ4v) is 2.99. The van der Waals surface area contributed by atoms with Gasteiger partial charge in [0, 0.05) is 17.0 Å². The SMILES string of the molecule is O=C(COc1ccccc1)OCc1cc(=O)oc2ccc3ccccc3c12. The first-order valence-electron chi connectivity index (χ1n) is 8.49. The molecular formula is C22H16O5. The molecule has 4 aromatic rings. The Morgan fingerprint density at radius 3 is 2.56 bits per heavy atom. The Labute approximate surface area is 154 Å². The molecule has 0 atom stereocenters. The van der Waals surface area contributed by atoms with Crippen LogP contribution in [0.25, 0.3) is 21.7 Å². The minimum atomic E-state index is -0.513. The normalized spacial score (nSPS) is 10.8. The molecule has 3 aromatic carbocycles. The third-order valence-corrected chi connectivity index (χ3v) is 4.20. The first kappa shape index (κ1) is 16.8. The van der Waals surface area contributed by atoms with E-state index in [1.54, 1.807) is 18.2 Å². The van der Waals surface area contributed by atoms with E-state index in [4.69, 9.17) is 13.9 Å². The van der Waals surface area contributed by atoms with Gasteiger partial charge in [-0.3, -0.25) is 0 Å². The quantitative estimate of drug-likeness (QED) is 0.305. The van der Waals surface area contributed by atoms with E-state index in [0.717, 1.165) is 16.2 Å². The van der Waals surface area contributed by atoms with Crippen LogP contribution in [0.4, 0.5) is 0 Å². The van der Waals surface area contributed by atoms with Gasteiger partial charge in [0.1, 0.15) is 17.9 Å². The van der Waals surface area contributed by atoms with E-state index in [1.165, 1.54) is 6.07 Å². The number of hydrogen-bond donors (Lipinski definition) is 0. The number of ether oxygens (including phenoxy) is 2. The molecule has 134 valence electrons. The average Bonchev–Trinajstić information content (AvgIpc) is 2.70. The van der Waals surface area contributed by atoms with Crippen LogP contribution in [0.5, 0.6) is 5.75 Å². The standard InChI is InChI=1S/C22H16O5/c23-20-12-16(13-26-21(24)14-25-17-7-2-1-3-8-17)22-18-9-5-4-6-15(18)10-11-19(22)27-20/h1-12H,13-14H2. The molecule has 0 saturated heterocycles. The highest BCUT2D eigenvalue weighted by Crippen LogP contribution is 2.27. The third-order valence-electron chi connectivity index (χ3n) is 4.20. The van der Waals surface area contributed by atoms with Crippen molar-refractivity contribution in [3.8, 4) is 5.75 Å². The van der Waals surface area contributed by atoms with Gasteiger partial charge >= 0.3 is 11.6 Å². The highest BCUT2D eigenvalue weighted by Gasteiger charge is 2.12. The maximum absolute atomic E-state index is 12.0. The van der Waals surface area contributed by atoms with E-state index in [0.29, 0.717) is 16.9 Å². The van der Waals surface area contributed by atoms with E-state index in [-0.39, 0.29) is 13.2 Å². The molecule has 0 N–H and O–H groups in total. The molecule has 0 aliphatic carbocycles. The van der Waals surface area contributed by atoms with Gasteiger partial charge in [0.25, 0.3) is 0 Å². The monoisotopic (exact) mass is 360 g/mol. The van der Waals surface area contributed by atoms with Gasteiger partial charge in [-0.2, -0.15) is 0 Å². The molecule has 0 spiro atoms. The Morgan fingerprint density at radius 2 is 1.70 bits per heavy atom. The maximum Gasteiger partial charge on any atom is 0.344 e. The second-order valence-electron chi connectivity index (χ2n) is 6.01. The van der Waals surface area contributed by atoms with Crippen LogP contribution in [0.2, 0.25) is 0 Å². The summed E-state index contributed by atoms with van der Waals surface area (Å²) < 4.78 is 16.0. The van der Waals surface area contributed by atoms with Crippen LogP contribution in [-0.2, 0) is 16.1 Å². The van der Waals surface area contributed by atoms with Crippen molar-refractivity contribution in [3.05, 3.63) is 88.8 Å². The van der Waals surface area contributed by atoms with Gasteiger partial charge in [-0.05, 0) is 29.0 Å². The Bertz CT molecular complexity index is 1160. The second kappa shape index (κ2) is 7.33. The average molecular weight is 360 g/mol. The van der Waals surface area contributed by atoms with Gasteiger partial charge in [0.2, 0.25) is 0 Å². The lowest BCUT2D eigenvalue weighted by Gasteiger charge is -2.10. The minimum Gasteiger partial charge on any atom is -0.482 e. The molecular weight excluding hydrogens is 344 g/mol. The molecule has 1 heterocycles. The maximum atomic E-state index is 12.0. The summed E-state index contributed by atoms with van der Waals surface area (Å²) in [5.74, 6) is 0.0757. The van der Waals surface area contributed by atoms with Crippen LogP contribution in [-0.4, -0.2) is 12.6 Å². The van der Waals surface area contributed by atoms with E-state index >= 15 is 0 Å². The van der Waals surface area contributed by atoms with E-state index in [2.05, 4.69) is 0 Å². The lowest BCUT2D eigenvalue weighted by atomic mass is 10.0. The number of carbonyl (C=O) groups is 1. The summed E-state index contributed by atoms with van der Waals surface area (Å²) in [6.07, 6.45) is 0. The first-order valence-corrected chi connectivity index (χ1v) is 8.49. The summed E-state index contributed by atoms with van der Waals surface area (Å²) in [5, 5.41) is 2.72. The first-order chi connectivity index (χ1) is 13.2. The summed E-state index contributed by atoms with van der Waals surface area (Å²) in [5.41, 5.74) is 0.586. The number of fused-ring (bicyclic) bond motifs is 3. The van der Waals surface area contributed by atoms with Crippen molar-refractivity contribution >= 4 is 27.7 Å². The van der Waals surface area contributed by atoms with Gasteiger partial charge in [-0.1, -0.05) is 48.5 Å². The zero-order chi connectivity index (χ0) is 18.6. The van der Waals surface area contributed by atoms with Crippen LogP contribution < -0.4 is 10.4 Å². The zero-order valence-electron chi connectivity index (χ0n) is 14.4. The van der Waals surface area contributed by atoms with Crippen LogP contribution in [0.3, 0.4) is 0 Å². The molecule has 5 nitrogen and oxygen atoms in total. The van der Waals surface area contributed by atoms with Crippen molar-refractivity contribution in [1.82, 2.24) is 0 Å². The zero-order valence-corrected chi connectivity index (χ0v) is 14.4. The van der Waals surface area contributed by atoms with Gasteiger partial charge in [0.15, 0.2) is 6.61 Å². The second-order valence-corrected chi connectivity index (χ2v) is 6.01. The summed E-state index contributed by atoms with van der Waals surface area (Å²) in [4.78, 5) is 23.9. The lowest BCUT2D eigenvalue weighted by molar-refractivity contribution is -0.147. The molecule has 0 bridgehead atoms. The van der Waals surface area contributed by atoms with E-state index in [9.17, 15) is 9.59 Å². The lowest BCUT2D eigenvalue weighted by Crippen LogP contribution is -2.15. The van der Waals surface area contributed by atoms with Crippen molar-refractivity contribution in [2.24, 2.45) is 0 Å². The van der Waals surface area contributed by atoms with Crippen LogP contribution >= 0.6 is 0 Å². The van der Waals surface area contributed by atoms with Gasteiger partial charge in [0.05, 0.1) is 0 Å². The van der Waals surface area contributed by atoms with Crippen molar-refractivity contribution < 1.29 is 18.7 Å². The van der Waals surface area contributed by atoms with Crippen LogP contribution in [0.1, 0.15) is 5.56 Å². The minimum absolute atomic E-state index is 0.0346. The van der Waals surface area contributed by atoms with Crippen molar-refractivity contribution in [2.75, 3.05) is 6.61 Å². The largest absolute Gasteiger partial charge is 0.482 e. The van der Waals surface area contributed by atoms with Gasteiger partial charge in [-0.25, -0.2) is 9.59 Å². The summed E-state index contributed by atoms with van der Waals surface area (Å²) >= 11 is 0. The number of rotatable bonds is 5. The highest BCUT2D eigenvalue weighted by atomic mass is 16.6. The highest BCUT2D eigenvalue weighted by molar-refractivity contribution is 6.07.